The van der Waals surface area contributed by atoms with Crippen LogP contribution in [0.3, 0.4) is 0 Å². The minimum Gasteiger partial charge on any atom is -0.349 e. The number of hydrogen-bond acceptors (Lipinski definition) is 5. The Bertz CT molecular complexity index is 900. The molecular formula is C17H15Cl2N5OS. The van der Waals surface area contributed by atoms with Crippen LogP contribution in [-0.4, -0.2) is 31.9 Å². The van der Waals surface area contributed by atoms with Crippen molar-refractivity contribution in [3.63, 3.8) is 0 Å². The first kappa shape index (κ1) is 18.7. The zero-order chi connectivity index (χ0) is 18.5. The Morgan fingerprint density at radius 2 is 1.92 bits per heavy atom. The second-order valence-electron chi connectivity index (χ2n) is 5.45. The highest BCUT2D eigenvalue weighted by molar-refractivity contribution is 7.99. The Kier molecular flexibility index (Phi) is 6.13. The molecule has 9 heteroatoms. The van der Waals surface area contributed by atoms with E-state index in [2.05, 4.69) is 20.8 Å². The van der Waals surface area contributed by atoms with E-state index in [1.807, 2.05) is 37.3 Å². The van der Waals surface area contributed by atoms with E-state index >= 15 is 0 Å². The molecule has 0 bridgehead atoms. The SMILES string of the molecule is C[C@@H](NC(=O)CSc1nnnn1-c1ccc(Cl)cc1)c1ccccc1Cl. The molecule has 3 aromatic rings. The van der Waals surface area contributed by atoms with Crippen molar-refractivity contribution in [1.29, 1.82) is 0 Å². The third-order valence-electron chi connectivity index (χ3n) is 3.59. The molecule has 0 fully saturated rings. The van der Waals surface area contributed by atoms with E-state index < -0.39 is 0 Å². The third kappa shape index (κ3) is 4.55. The van der Waals surface area contributed by atoms with Gasteiger partial charge in [-0.15, -0.1) is 5.10 Å². The van der Waals surface area contributed by atoms with Crippen molar-refractivity contribution in [2.45, 2.75) is 18.1 Å². The number of thioether (sulfide) groups is 1. The van der Waals surface area contributed by atoms with Gasteiger partial charge in [-0.2, -0.15) is 4.68 Å². The molecule has 0 aliphatic rings. The topological polar surface area (TPSA) is 72.7 Å². The van der Waals surface area contributed by atoms with Crippen molar-refractivity contribution in [3.05, 3.63) is 64.1 Å². The number of nitrogens with zero attached hydrogens (tertiary/aromatic N) is 4. The van der Waals surface area contributed by atoms with Gasteiger partial charge in [0.05, 0.1) is 17.5 Å². The molecule has 1 aromatic heterocycles. The fourth-order valence-corrected chi connectivity index (χ4v) is 3.46. The molecule has 6 nitrogen and oxygen atoms in total. The van der Waals surface area contributed by atoms with Crippen LogP contribution < -0.4 is 5.32 Å². The van der Waals surface area contributed by atoms with Gasteiger partial charge in [-0.1, -0.05) is 53.2 Å². The number of benzene rings is 2. The molecule has 0 radical (unpaired) electrons. The zero-order valence-corrected chi connectivity index (χ0v) is 16.1. The number of rotatable bonds is 6. The standard InChI is InChI=1S/C17H15Cl2N5OS/c1-11(14-4-2-3-5-15(14)19)20-16(25)10-26-17-21-22-23-24(17)13-8-6-12(18)7-9-13/h2-9,11H,10H2,1H3,(H,20,25)/t11-/m1/s1. The van der Waals surface area contributed by atoms with Crippen LogP contribution >= 0.6 is 35.0 Å². The Labute approximate surface area is 164 Å². The van der Waals surface area contributed by atoms with Crippen molar-refractivity contribution in [2.24, 2.45) is 0 Å². The van der Waals surface area contributed by atoms with E-state index in [-0.39, 0.29) is 17.7 Å². The van der Waals surface area contributed by atoms with Gasteiger partial charge in [0.25, 0.3) is 0 Å². The summed E-state index contributed by atoms with van der Waals surface area (Å²) in [5.74, 6) is 0.0519. The van der Waals surface area contributed by atoms with E-state index in [4.69, 9.17) is 23.2 Å². The first-order chi connectivity index (χ1) is 12.5. The van der Waals surface area contributed by atoms with Gasteiger partial charge in [0, 0.05) is 10.0 Å². The molecule has 0 unspecified atom stereocenters. The van der Waals surface area contributed by atoms with Crippen LogP contribution in [0.4, 0.5) is 0 Å². The Morgan fingerprint density at radius 1 is 1.19 bits per heavy atom. The number of halogens is 2. The van der Waals surface area contributed by atoms with E-state index in [0.29, 0.717) is 15.2 Å². The molecule has 134 valence electrons. The van der Waals surface area contributed by atoms with Gasteiger partial charge < -0.3 is 5.32 Å². The van der Waals surface area contributed by atoms with Crippen LogP contribution in [0, 0.1) is 0 Å². The highest BCUT2D eigenvalue weighted by Gasteiger charge is 2.15. The van der Waals surface area contributed by atoms with Gasteiger partial charge in [-0.25, -0.2) is 0 Å². The summed E-state index contributed by atoms with van der Waals surface area (Å²) in [4.78, 5) is 12.3. The maximum absolute atomic E-state index is 12.3. The predicted octanol–water partition coefficient (Wildman–Crippen LogP) is 3.94. The van der Waals surface area contributed by atoms with Crippen molar-refractivity contribution in [3.8, 4) is 5.69 Å². The van der Waals surface area contributed by atoms with Crippen LogP contribution in [0.5, 0.6) is 0 Å². The first-order valence-corrected chi connectivity index (χ1v) is 9.49. The van der Waals surface area contributed by atoms with E-state index in [9.17, 15) is 4.79 Å². The van der Waals surface area contributed by atoms with Crippen LogP contribution in [0.2, 0.25) is 10.0 Å². The lowest BCUT2D eigenvalue weighted by molar-refractivity contribution is -0.119. The number of aromatic nitrogens is 4. The summed E-state index contributed by atoms with van der Waals surface area (Å²) in [6.07, 6.45) is 0. The molecule has 0 saturated heterocycles. The number of nitrogens with one attached hydrogen (secondary N) is 1. The maximum Gasteiger partial charge on any atom is 0.230 e. The van der Waals surface area contributed by atoms with Crippen LogP contribution in [0.25, 0.3) is 5.69 Å². The Balaban J connectivity index is 1.61. The molecule has 1 amide bonds. The molecule has 26 heavy (non-hydrogen) atoms. The predicted molar refractivity (Wildman–Crippen MR) is 103 cm³/mol. The van der Waals surface area contributed by atoms with E-state index in [1.165, 1.54) is 11.8 Å². The lowest BCUT2D eigenvalue weighted by Crippen LogP contribution is -2.28. The fourth-order valence-electron chi connectivity index (χ4n) is 2.33. The van der Waals surface area contributed by atoms with Crippen molar-refractivity contribution in [1.82, 2.24) is 25.5 Å². The van der Waals surface area contributed by atoms with Crippen LogP contribution in [0.15, 0.2) is 53.7 Å². The van der Waals surface area contributed by atoms with Gasteiger partial charge in [0.2, 0.25) is 11.1 Å². The minimum atomic E-state index is -0.191. The number of amides is 1. The van der Waals surface area contributed by atoms with Gasteiger partial charge >= 0.3 is 0 Å². The fraction of sp³-hybridized carbons (Fsp3) is 0.176. The number of carbonyl (C=O) groups is 1. The summed E-state index contributed by atoms with van der Waals surface area (Å²) in [6, 6.07) is 14.4. The highest BCUT2D eigenvalue weighted by Crippen LogP contribution is 2.23. The molecular weight excluding hydrogens is 393 g/mol. The van der Waals surface area contributed by atoms with E-state index in [1.54, 1.807) is 22.9 Å². The van der Waals surface area contributed by atoms with Gasteiger partial charge in [-0.3, -0.25) is 4.79 Å². The average molecular weight is 408 g/mol. The Morgan fingerprint density at radius 3 is 2.65 bits per heavy atom. The molecule has 0 spiro atoms. The van der Waals surface area contributed by atoms with Crippen LogP contribution in [0.1, 0.15) is 18.5 Å². The minimum absolute atomic E-state index is 0.131. The smallest absolute Gasteiger partial charge is 0.230 e. The highest BCUT2D eigenvalue weighted by atomic mass is 35.5. The van der Waals surface area contributed by atoms with Crippen molar-refractivity contribution < 1.29 is 4.79 Å². The van der Waals surface area contributed by atoms with Gasteiger partial charge in [0.1, 0.15) is 0 Å². The van der Waals surface area contributed by atoms with Crippen molar-refractivity contribution >= 4 is 40.9 Å². The first-order valence-electron chi connectivity index (χ1n) is 7.75. The summed E-state index contributed by atoms with van der Waals surface area (Å²) in [5.41, 5.74) is 1.64. The molecule has 0 saturated carbocycles. The number of tetrazole rings is 1. The summed E-state index contributed by atoms with van der Waals surface area (Å²) in [5, 5.41) is 16.3. The molecule has 3 rings (SSSR count). The zero-order valence-electron chi connectivity index (χ0n) is 13.8. The largest absolute Gasteiger partial charge is 0.349 e. The second kappa shape index (κ2) is 8.53. The molecule has 1 N–H and O–H groups in total. The summed E-state index contributed by atoms with van der Waals surface area (Å²) in [7, 11) is 0. The number of carbonyl (C=O) groups excluding carboxylic acids is 1. The van der Waals surface area contributed by atoms with Gasteiger partial charge in [0.15, 0.2) is 0 Å². The molecule has 1 atom stereocenters. The summed E-state index contributed by atoms with van der Waals surface area (Å²) >= 11 is 13.3. The molecule has 1 heterocycles. The monoisotopic (exact) mass is 407 g/mol. The quantitative estimate of drug-likeness (QED) is 0.626. The van der Waals surface area contributed by atoms with Gasteiger partial charge in [-0.05, 0) is 53.2 Å². The Hall–Kier alpha value is -2.09. The summed E-state index contributed by atoms with van der Waals surface area (Å²) < 4.78 is 1.56. The molecule has 0 aliphatic carbocycles. The van der Waals surface area contributed by atoms with Crippen LogP contribution in [-0.2, 0) is 4.79 Å². The molecule has 2 aromatic carbocycles. The van der Waals surface area contributed by atoms with E-state index in [0.717, 1.165) is 11.3 Å². The summed E-state index contributed by atoms with van der Waals surface area (Å²) in [6.45, 7) is 1.89. The third-order valence-corrected chi connectivity index (χ3v) is 5.11. The lowest BCUT2D eigenvalue weighted by atomic mass is 10.1. The second-order valence-corrected chi connectivity index (χ2v) is 7.24. The number of hydrogen-bond donors (Lipinski definition) is 1. The lowest BCUT2D eigenvalue weighted by Gasteiger charge is -2.15. The maximum atomic E-state index is 12.3. The van der Waals surface area contributed by atoms with Crippen molar-refractivity contribution in [2.75, 3.05) is 5.75 Å². The normalized spacial score (nSPS) is 12.0. The molecule has 0 aliphatic heterocycles. The average Bonchev–Trinajstić information content (AvgIpc) is 3.09.